The summed E-state index contributed by atoms with van der Waals surface area (Å²) >= 11 is 5.61. The van der Waals surface area contributed by atoms with Crippen molar-refractivity contribution in [1.82, 2.24) is 0 Å². The normalized spacial score (nSPS) is 12.3. The average Bonchev–Trinajstić information content (AvgIpc) is 2.12. The van der Waals surface area contributed by atoms with Gasteiger partial charge >= 0.3 is 0 Å². The number of benzene rings is 1. The summed E-state index contributed by atoms with van der Waals surface area (Å²) in [7, 11) is 0. The van der Waals surface area contributed by atoms with Gasteiger partial charge in [-0.2, -0.15) is 0 Å². The molecule has 0 unspecified atom stereocenters. The maximum Gasteiger partial charge on any atom is 0.153 e. The zero-order chi connectivity index (χ0) is 10.6. The fourth-order valence-corrected chi connectivity index (χ4v) is 1.08. The summed E-state index contributed by atoms with van der Waals surface area (Å²) in [6.45, 7) is 0. The second-order valence-corrected chi connectivity index (χ2v) is 2.84. The molecule has 0 aromatic heterocycles. The molecule has 1 aromatic rings. The van der Waals surface area contributed by atoms with E-state index in [0.29, 0.717) is 5.56 Å². The molecule has 1 aromatic carbocycles. The molecule has 0 radical (unpaired) electrons. The van der Waals surface area contributed by atoms with E-state index in [1.165, 1.54) is 18.2 Å². The lowest BCUT2D eigenvalue weighted by atomic mass is 10.2. The number of nitrogens with two attached hydrogens (primary N) is 2. The highest BCUT2D eigenvalue weighted by Gasteiger charge is 2.02. The van der Waals surface area contributed by atoms with Gasteiger partial charge < -0.3 is 11.5 Å². The van der Waals surface area contributed by atoms with Gasteiger partial charge in [0, 0.05) is 10.6 Å². The molecule has 0 fully saturated rings. The molecule has 0 aliphatic heterocycles. The van der Waals surface area contributed by atoms with E-state index in [1.807, 2.05) is 0 Å². The number of nitrogens with zero attached hydrogens (tertiary/aromatic N) is 2. The van der Waals surface area contributed by atoms with E-state index in [2.05, 4.69) is 10.2 Å². The fraction of sp³-hybridized carbons (Fsp3) is 0. The number of amidine groups is 1. The largest absolute Gasteiger partial charge is 0.388 e. The Hall–Kier alpha value is -1.62. The molecular weight excluding hydrogens is 207 g/mol. The minimum atomic E-state index is -0.484. The Balaban J connectivity index is 3.06. The minimum absolute atomic E-state index is 0.0492. The Morgan fingerprint density at radius 2 is 2.14 bits per heavy atom. The first-order valence-corrected chi connectivity index (χ1v) is 4.04. The first-order chi connectivity index (χ1) is 6.63. The van der Waals surface area contributed by atoms with Gasteiger partial charge in [-0.05, 0) is 18.2 Å². The van der Waals surface area contributed by atoms with Gasteiger partial charge in [0.05, 0.1) is 0 Å². The van der Waals surface area contributed by atoms with Crippen LogP contribution >= 0.6 is 11.6 Å². The van der Waals surface area contributed by atoms with Crippen LogP contribution in [0.2, 0.25) is 5.02 Å². The van der Waals surface area contributed by atoms with Gasteiger partial charge in [0.2, 0.25) is 0 Å². The molecule has 0 aliphatic rings. The van der Waals surface area contributed by atoms with Crippen LogP contribution in [0.4, 0.5) is 4.39 Å². The molecule has 0 heterocycles. The Morgan fingerprint density at radius 3 is 2.71 bits per heavy atom. The van der Waals surface area contributed by atoms with E-state index in [9.17, 15) is 4.39 Å². The predicted molar refractivity (Wildman–Crippen MR) is 54.8 cm³/mol. The Morgan fingerprint density at radius 1 is 1.43 bits per heavy atom. The molecule has 0 amide bonds. The highest BCUT2D eigenvalue weighted by atomic mass is 35.5. The summed E-state index contributed by atoms with van der Waals surface area (Å²) in [6.07, 6.45) is 0.980. The van der Waals surface area contributed by atoms with Gasteiger partial charge in [0.15, 0.2) is 5.84 Å². The number of hydrogen-bond donors (Lipinski definition) is 2. The molecule has 0 saturated carbocycles. The maximum atomic E-state index is 12.9. The quantitative estimate of drug-likeness (QED) is 0.439. The van der Waals surface area contributed by atoms with Crippen LogP contribution in [-0.2, 0) is 0 Å². The molecular formula is C8H8ClFN4. The van der Waals surface area contributed by atoms with Crippen LogP contribution in [0, 0.1) is 5.82 Å². The third kappa shape index (κ3) is 2.70. The zero-order valence-corrected chi connectivity index (χ0v) is 7.87. The molecule has 0 spiro atoms. The zero-order valence-electron chi connectivity index (χ0n) is 7.11. The van der Waals surface area contributed by atoms with E-state index in [0.717, 1.165) is 6.34 Å². The van der Waals surface area contributed by atoms with Crippen LogP contribution in [0.1, 0.15) is 5.56 Å². The monoisotopic (exact) mass is 214 g/mol. The SMILES string of the molecule is N/C=N\N=C(/N)c1cc(F)cc(Cl)c1. The van der Waals surface area contributed by atoms with Crippen molar-refractivity contribution >= 4 is 23.8 Å². The first-order valence-electron chi connectivity index (χ1n) is 3.66. The van der Waals surface area contributed by atoms with E-state index in [1.54, 1.807) is 0 Å². The summed E-state index contributed by atoms with van der Waals surface area (Å²) < 4.78 is 12.9. The van der Waals surface area contributed by atoms with Crippen molar-refractivity contribution in [2.75, 3.05) is 0 Å². The number of halogens is 2. The van der Waals surface area contributed by atoms with Crippen LogP contribution in [0.5, 0.6) is 0 Å². The van der Waals surface area contributed by atoms with Crippen molar-refractivity contribution in [2.45, 2.75) is 0 Å². The molecule has 14 heavy (non-hydrogen) atoms. The third-order valence-electron chi connectivity index (χ3n) is 1.39. The molecule has 0 aliphatic carbocycles. The van der Waals surface area contributed by atoms with Gasteiger partial charge in [-0.1, -0.05) is 11.6 Å². The highest BCUT2D eigenvalue weighted by molar-refractivity contribution is 6.31. The van der Waals surface area contributed by atoms with Crippen molar-refractivity contribution < 1.29 is 4.39 Å². The Kier molecular flexibility index (Phi) is 3.41. The van der Waals surface area contributed by atoms with Gasteiger partial charge in [0.1, 0.15) is 12.2 Å². The standard InChI is InChI=1S/C8H8ClFN4/c9-6-1-5(2-7(10)3-6)8(12)14-13-4-11/h1-4H,(H2,11,13)(H2,12,14). The van der Waals surface area contributed by atoms with E-state index >= 15 is 0 Å². The Bertz CT molecular complexity index is 369. The van der Waals surface area contributed by atoms with Crippen molar-refractivity contribution in [3.63, 3.8) is 0 Å². The molecule has 4 nitrogen and oxygen atoms in total. The summed E-state index contributed by atoms with van der Waals surface area (Å²) in [5.41, 5.74) is 10.8. The molecule has 74 valence electrons. The second kappa shape index (κ2) is 4.57. The number of rotatable bonds is 2. The highest BCUT2D eigenvalue weighted by Crippen LogP contribution is 2.13. The minimum Gasteiger partial charge on any atom is -0.388 e. The van der Waals surface area contributed by atoms with Crippen LogP contribution < -0.4 is 11.5 Å². The van der Waals surface area contributed by atoms with Crippen molar-refractivity contribution in [1.29, 1.82) is 0 Å². The van der Waals surface area contributed by atoms with Gasteiger partial charge in [-0.15, -0.1) is 10.2 Å². The number of hydrogen-bond acceptors (Lipinski definition) is 2. The van der Waals surface area contributed by atoms with E-state index in [4.69, 9.17) is 23.1 Å². The second-order valence-electron chi connectivity index (χ2n) is 2.41. The molecule has 1 rings (SSSR count). The van der Waals surface area contributed by atoms with Gasteiger partial charge in [-0.3, -0.25) is 0 Å². The summed E-state index contributed by atoms with van der Waals surface area (Å²) in [5.74, 6) is -0.435. The van der Waals surface area contributed by atoms with Crippen LogP contribution in [0.25, 0.3) is 0 Å². The Labute approximate surface area is 85.1 Å². The fourth-order valence-electron chi connectivity index (χ4n) is 0.855. The lowest BCUT2D eigenvalue weighted by Gasteiger charge is -1.99. The molecule has 0 atom stereocenters. The van der Waals surface area contributed by atoms with Crippen molar-refractivity contribution in [3.8, 4) is 0 Å². The van der Waals surface area contributed by atoms with Crippen LogP contribution in [0.15, 0.2) is 28.4 Å². The van der Waals surface area contributed by atoms with Gasteiger partial charge in [-0.25, -0.2) is 4.39 Å². The maximum absolute atomic E-state index is 12.9. The molecule has 0 saturated heterocycles. The predicted octanol–water partition coefficient (Wildman–Crippen LogP) is 1.09. The van der Waals surface area contributed by atoms with E-state index < -0.39 is 5.82 Å². The lowest BCUT2D eigenvalue weighted by Crippen LogP contribution is -2.13. The smallest absolute Gasteiger partial charge is 0.153 e. The van der Waals surface area contributed by atoms with Crippen molar-refractivity contribution in [2.24, 2.45) is 21.7 Å². The molecule has 0 bridgehead atoms. The molecule has 6 heteroatoms. The molecule has 4 N–H and O–H groups in total. The van der Waals surface area contributed by atoms with E-state index in [-0.39, 0.29) is 10.9 Å². The average molecular weight is 215 g/mol. The van der Waals surface area contributed by atoms with Gasteiger partial charge in [0.25, 0.3) is 0 Å². The summed E-state index contributed by atoms with van der Waals surface area (Å²) in [4.78, 5) is 0. The lowest BCUT2D eigenvalue weighted by molar-refractivity contribution is 0.627. The topological polar surface area (TPSA) is 76.8 Å². The van der Waals surface area contributed by atoms with Crippen LogP contribution in [-0.4, -0.2) is 12.2 Å². The third-order valence-corrected chi connectivity index (χ3v) is 1.61. The summed E-state index contributed by atoms with van der Waals surface area (Å²) in [5, 5.41) is 7.11. The van der Waals surface area contributed by atoms with Crippen molar-refractivity contribution in [3.05, 3.63) is 34.6 Å². The summed E-state index contributed by atoms with van der Waals surface area (Å²) in [6, 6.07) is 3.86. The first kappa shape index (κ1) is 10.5. The van der Waals surface area contributed by atoms with Crippen LogP contribution in [0.3, 0.4) is 0 Å².